The van der Waals surface area contributed by atoms with Crippen LogP contribution in [-0.2, 0) is 19.4 Å². The zero-order chi connectivity index (χ0) is 16.7. The van der Waals surface area contributed by atoms with Crippen molar-refractivity contribution in [3.05, 3.63) is 70.7 Å². The number of halogens is 1. The highest BCUT2D eigenvalue weighted by Gasteiger charge is 2.20. The summed E-state index contributed by atoms with van der Waals surface area (Å²) in [4.78, 5) is 0.430. The first kappa shape index (κ1) is 15.3. The number of nitrogens with zero attached hydrogens (tertiary/aromatic N) is 1. The van der Waals surface area contributed by atoms with Crippen molar-refractivity contribution < 1.29 is 4.39 Å². The molecule has 0 saturated carbocycles. The first-order valence-electron chi connectivity index (χ1n) is 8.32. The maximum absolute atomic E-state index is 13.6. The second-order valence-electron chi connectivity index (χ2n) is 6.44. The molecule has 122 valence electrons. The number of aryl methyl sites for hydroxylation is 1. The predicted molar refractivity (Wildman–Crippen MR) is 100.0 cm³/mol. The number of benzene rings is 2. The van der Waals surface area contributed by atoms with E-state index in [0.29, 0.717) is 11.5 Å². The van der Waals surface area contributed by atoms with E-state index >= 15 is 0 Å². The third kappa shape index (κ3) is 2.61. The van der Waals surface area contributed by atoms with Gasteiger partial charge in [-0.25, -0.2) is 4.39 Å². The Bertz CT molecular complexity index is 942. The molecule has 1 aliphatic rings. The van der Waals surface area contributed by atoms with Gasteiger partial charge in [-0.1, -0.05) is 24.4 Å². The van der Waals surface area contributed by atoms with Gasteiger partial charge in [-0.15, -0.1) is 0 Å². The lowest BCUT2D eigenvalue weighted by atomic mass is 9.95. The van der Waals surface area contributed by atoms with Crippen molar-refractivity contribution in [2.75, 3.05) is 0 Å². The Kier molecular flexibility index (Phi) is 3.85. The molecule has 0 aliphatic heterocycles. The maximum Gasteiger partial charge on any atom is 0.123 e. The third-order valence-corrected chi connectivity index (χ3v) is 5.13. The van der Waals surface area contributed by atoms with E-state index in [0.717, 1.165) is 24.0 Å². The number of fused-ring (bicyclic) bond motifs is 3. The highest BCUT2D eigenvalue weighted by atomic mass is 32.1. The fourth-order valence-corrected chi connectivity index (χ4v) is 3.91. The second kappa shape index (κ2) is 6.02. The smallest absolute Gasteiger partial charge is 0.123 e. The van der Waals surface area contributed by atoms with E-state index in [1.807, 2.05) is 12.1 Å². The van der Waals surface area contributed by atoms with Gasteiger partial charge in [-0.3, -0.25) is 0 Å². The molecule has 2 aromatic carbocycles. The summed E-state index contributed by atoms with van der Waals surface area (Å²) in [5.41, 5.74) is 11.7. The van der Waals surface area contributed by atoms with Crippen LogP contribution in [0.2, 0.25) is 0 Å². The molecule has 0 fully saturated rings. The Labute approximate surface area is 146 Å². The van der Waals surface area contributed by atoms with Gasteiger partial charge in [-0.05, 0) is 67.1 Å². The van der Waals surface area contributed by atoms with Crippen molar-refractivity contribution in [2.24, 2.45) is 5.73 Å². The number of aromatic nitrogens is 1. The van der Waals surface area contributed by atoms with Crippen LogP contribution in [-0.4, -0.2) is 9.56 Å². The van der Waals surface area contributed by atoms with E-state index in [1.54, 1.807) is 12.1 Å². The van der Waals surface area contributed by atoms with Gasteiger partial charge < -0.3 is 10.3 Å². The first-order chi connectivity index (χ1) is 11.6. The zero-order valence-corrected chi connectivity index (χ0v) is 14.2. The maximum atomic E-state index is 13.6. The number of nitrogens with two attached hydrogens (primary N) is 1. The van der Waals surface area contributed by atoms with E-state index in [9.17, 15) is 4.39 Å². The Hall–Kier alpha value is -2.20. The lowest BCUT2D eigenvalue weighted by molar-refractivity contribution is 0.618. The van der Waals surface area contributed by atoms with Crippen LogP contribution in [0.15, 0.2) is 42.5 Å². The summed E-state index contributed by atoms with van der Waals surface area (Å²) in [5.74, 6) is -0.186. The minimum atomic E-state index is -0.186. The number of hydrogen-bond acceptors (Lipinski definition) is 1. The molecule has 3 aromatic rings. The lowest BCUT2D eigenvalue weighted by Crippen LogP contribution is -2.09. The Morgan fingerprint density at radius 2 is 1.96 bits per heavy atom. The van der Waals surface area contributed by atoms with Crippen LogP contribution in [0.3, 0.4) is 0 Å². The minimum Gasteiger partial charge on any atom is -0.389 e. The molecule has 1 heterocycles. The SMILES string of the molecule is NC(=S)c1ccc2c(c1)c1c(n2Cc2cccc(F)c2)CCCC1. The van der Waals surface area contributed by atoms with E-state index in [1.165, 1.54) is 41.1 Å². The topological polar surface area (TPSA) is 30.9 Å². The van der Waals surface area contributed by atoms with Gasteiger partial charge >= 0.3 is 0 Å². The summed E-state index contributed by atoms with van der Waals surface area (Å²) in [6.45, 7) is 0.690. The van der Waals surface area contributed by atoms with Crippen LogP contribution >= 0.6 is 12.2 Å². The van der Waals surface area contributed by atoms with Crippen molar-refractivity contribution in [1.82, 2.24) is 4.57 Å². The monoisotopic (exact) mass is 338 g/mol. The largest absolute Gasteiger partial charge is 0.389 e. The summed E-state index contributed by atoms with van der Waals surface area (Å²) in [6, 6.07) is 13.1. The fraction of sp³-hybridized carbons (Fsp3) is 0.250. The zero-order valence-electron chi connectivity index (χ0n) is 13.4. The molecule has 24 heavy (non-hydrogen) atoms. The molecular formula is C20H19FN2S. The van der Waals surface area contributed by atoms with Crippen LogP contribution in [0.4, 0.5) is 4.39 Å². The van der Waals surface area contributed by atoms with Crippen molar-refractivity contribution >= 4 is 28.1 Å². The molecular weight excluding hydrogens is 319 g/mol. The number of rotatable bonds is 3. The second-order valence-corrected chi connectivity index (χ2v) is 6.88. The Morgan fingerprint density at radius 3 is 2.75 bits per heavy atom. The molecule has 1 aromatic heterocycles. The first-order valence-corrected chi connectivity index (χ1v) is 8.72. The quantitative estimate of drug-likeness (QED) is 0.720. The van der Waals surface area contributed by atoms with Crippen molar-refractivity contribution in [1.29, 1.82) is 0 Å². The summed E-state index contributed by atoms with van der Waals surface area (Å²) < 4.78 is 15.9. The highest BCUT2D eigenvalue weighted by Crippen LogP contribution is 2.33. The third-order valence-electron chi connectivity index (χ3n) is 4.89. The minimum absolute atomic E-state index is 0.186. The van der Waals surface area contributed by atoms with E-state index in [2.05, 4.69) is 16.7 Å². The molecule has 4 rings (SSSR count). The molecule has 0 spiro atoms. The van der Waals surface area contributed by atoms with Gasteiger partial charge in [0.15, 0.2) is 0 Å². The molecule has 0 saturated heterocycles. The van der Waals surface area contributed by atoms with E-state index in [4.69, 9.17) is 18.0 Å². The van der Waals surface area contributed by atoms with Crippen LogP contribution in [0.5, 0.6) is 0 Å². The van der Waals surface area contributed by atoms with Crippen LogP contribution in [0.1, 0.15) is 35.2 Å². The van der Waals surface area contributed by atoms with Gasteiger partial charge in [0.05, 0.1) is 0 Å². The Morgan fingerprint density at radius 1 is 1.12 bits per heavy atom. The average molecular weight is 338 g/mol. The van der Waals surface area contributed by atoms with Crippen LogP contribution in [0, 0.1) is 5.82 Å². The molecule has 4 heteroatoms. The van der Waals surface area contributed by atoms with Crippen LogP contribution < -0.4 is 5.73 Å². The Balaban J connectivity index is 1.89. The molecule has 2 N–H and O–H groups in total. The summed E-state index contributed by atoms with van der Waals surface area (Å²) >= 11 is 5.14. The molecule has 0 unspecified atom stereocenters. The van der Waals surface area contributed by atoms with Crippen molar-refractivity contribution in [3.8, 4) is 0 Å². The average Bonchev–Trinajstić information content (AvgIpc) is 2.89. The standard InChI is InChI=1S/C20H19FN2S/c21-15-5-3-4-13(10-15)12-23-18-7-2-1-6-16(18)17-11-14(20(22)24)8-9-19(17)23/h3-5,8-11H,1-2,6-7,12H2,(H2,22,24). The van der Waals surface area contributed by atoms with Gasteiger partial charge in [0.2, 0.25) is 0 Å². The van der Waals surface area contributed by atoms with Gasteiger partial charge in [0.25, 0.3) is 0 Å². The van der Waals surface area contributed by atoms with Gasteiger partial charge in [0, 0.05) is 28.7 Å². The van der Waals surface area contributed by atoms with Crippen molar-refractivity contribution in [3.63, 3.8) is 0 Å². The molecule has 0 atom stereocenters. The summed E-state index contributed by atoms with van der Waals surface area (Å²) in [7, 11) is 0. The van der Waals surface area contributed by atoms with Gasteiger partial charge in [0.1, 0.15) is 10.8 Å². The molecule has 2 nitrogen and oxygen atoms in total. The number of hydrogen-bond donors (Lipinski definition) is 1. The fourth-order valence-electron chi connectivity index (χ4n) is 3.79. The molecule has 0 bridgehead atoms. The normalized spacial score (nSPS) is 13.9. The van der Waals surface area contributed by atoms with Crippen LogP contribution in [0.25, 0.3) is 10.9 Å². The summed E-state index contributed by atoms with van der Waals surface area (Å²) in [6.07, 6.45) is 4.57. The van der Waals surface area contributed by atoms with Gasteiger partial charge in [-0.2, -0.15) is 0 Å². The predicted octanol–water partition coefficient (Wildman–Crippen LogP) is 4.34. The number of thiocarbonyl (C=S) groups is 1. The van der Waals surface area contributed by atoms with E-state index < -0.39 is 0 Å². The molecule has 1 aliphatic carbocycles. The van der Waals surface area contributed by atoms with E-state index in [-0.39, 0.29) is 5.82 Å². The van der Waals surface area contributed by atoms with Crippen molar-refractivity contribution in [2.45, 2.75) is 32.2 Å². The highest BCUT2D eigenvalue weighted by molar-refractivity contribution is 7.80. The molecule has 0 amide bonds. The summed E-state index contributed by atoms with van der Waals surface area (Å²) in [5, 5.41) is 1.24. The molecule has 0 radical (unpaired) electrons. The lowest BCUT2D eigenvalue weighted by Gasteiger charge is -2.16.